The van der Waals surface area contributed by atoms with Crippen LogP contribution in [0.25, 0.3) is 16.8 Å². The Morgan fingerprint density at radius 1 is 1.21 bits per heavy atom. The Kier molecular flexibility index (Phi) is 6.52. The number of hydrogen-bond acceptors (Lipinski definition) is 9. The van der Waals surface area contributed by atoms with Gasteiger partial charge in [-0.3, -0.25) is 9.78 Å². The average molecular weight is 599 g/mol. The minimum Gasteiger partial charge on any atom is -0.489 e. The zero-order valence-corrected chi connectivity index (χ0v) is 24.6. The second kappa shape index (κ2) is 10.2. The molecule has 220 valence electrons. The summed E-state index contributed by atoms with van der Waals surface area (Å²) in [5, 5.41) is 27.9. The van der Waals surface area contributed by atoms with E-state index in [9.17, 15) is 15.2 Å². The summed E-state index contributed by atoms with van der Waals surface area (Å²) in [5.74, 6) is 1.60. The Morgan fingerprint density at radius 2 is 2.00 bits per heavy atom. The Labute approximate surface area is 253 Å². The van der Waals surface area contributed by atoms with Gasteiger partial charge in [-0.25, -0.2) is 14.5 Å². The third-order valence-corrected chi connectivity index (χ3v) is 9.06. The van der Waals surface area contributed by atoms with E-state index < -0.39 is 5.60 Å². The molecule has 2 saturated heterocycles. The molecule has 0 unspecified atom stereocenters. The SMILES string of the molecule is CC(C)(O)COc1cc(-c2cnc(N3[C@@H]4C[C@@H]5C[C@H]3C[C@@](NC(=O)c3ncccc3Cl)(C5)C4)cn2)c2c(C#N)cnn2c1. The fourth-order valence-corrected chi connectivity index (χ4v) is 7.52. The highest BCUT2D eigenvalue weighted by molar-refractivity contribution is 6.33. The van der Waals surface area contributed by atoms with Gasteiger partial charge in [0.1, 0.15) is 29.9 Å². The molecule has 4 fully saturated rings. The van der Waals surface area contributed by atoms with Gasteiger partial charge in [0, 0.05) is 29.4 Å². The number of carbonyl (C=O) groups is 1. The van der Waals surface area contributed by atoms with Crippen LogP contribution >= 0.6 is 11.6 Å². The van der Waals surface area contributed by atoms with Crippen molar-refractivity contribution < 1.29 is 14.6 Å². The number of pyridine rings is 2. The molecule has 2 aliphatic carbocycles. The van der Waals surface area contributed by atoms with Gasteiger partial charge in [0.15, 0.2) is 0 Å². The molecule has 11 nitrogen and oxygen atoms in total. The number of aromatic nitrogens is 5. The van der Waals surface area contributed by atoms with E-state index in [1.807, 2.05) is 0 Å². The third-order valence-electron chi connectivity index (χ3n) is 8.76. The van der Waals surface area contributed by atoms with Gasteiger partial charge in [0.2, 0.25) is 0 Å². The van der Waals surface area contributed by atoms with E-state index in [2.05, 4.69) is 26.4 Å². The molecule has 1 amide bonds. The van der Waals surface area contributed by atoms with Gasteiger partial charge in [-0.05, 0) is 70.1 Å². The lowest BCUT2D eigenvalue weighted by Crippen LogP contribution is -2.69. The number of nitrogens with one attached hydrogen (secondary N) is 1. The highest BCUT2D eigenvalue weighted by Crippen LogP contribution is 2.52. The van der Waals surface area contributed by atoms with E-state index in [4.69, 9.17) is 26.3 Å². The minimum atomic E-state index is -1.02. The van der Waals surface area contributed by atoms with Crippen LogP contribution in [0.15, 0.2) is 49.2 Å². The van der Waals surface area contributed by atoms with Gasteiger partial charge in [0.25, 0.3) is 5.91 Å². The average Bonchev–Trinajstić information content (AvgIpc) is 3.38. The summed E-state index contributed by atoms with van der Waals surface area (Å²) in [6.07, 6.45) is 13.0. The Balaban J connectivity index is 1.15. The first-order valence-corrected chi connectivity index (χ1v) is 14.8. The summed E-state index contributed by atoms with van der Waals surface area (Å²) in [6.45, 7) is 3.43. The van der Waals surface area contributed by atoms with Gasteiger partial charge in [-0.2, -0.15) is 10.4 Å². The van der Waals surface area contributed by atoms with Gasteiger partial charge < -0.3 is 20.1 Å². The first kappa shape index (κ1) is 27.6. The zero-order valence-electron chi connectivity index (χ0n) is 23.9. The number of rotatable bonds is 7. The molecule has 4 bridgehead atoms. The first-order chi connectivity index (χ1) is 20.6. The van der Waals surface area contributed by atoms with Crippen LogP contribution in [0.3, 0.4) is 0 Å². The van der Waals surface area contributed by atoms with Crippen LogP contribution in [-0.2, 0) is 0 Å². The molecule has 2 N–H and O–H groups in total. The van der Waals surface area contributed by atoms with Gasteiger partial charge in [-0.1, -0.05) is 11.6 Å². The van der Waals surface area contributed by atoms with Crippen molar-refractivity contribution in [2.45, 2.75) is 69.2 Å². The van der Waals surface area contributed by atoms with Crippen LogP contribution < -0.4 is 15.0 Å². The van der Waals surface area contributed by atoms with Crippen LogP contribution in [-0.4, -0.2) is 65.4 Å². The maximum Gasteiger partial charge on any atom is 0.271 e. The van der Waals surface area contributed by atoms with Crippen molar-refractivity contribution in [3.05, 3.63) is 65.5 Å². The molecule has 4 aromatic heterocycles. The summed E-state index contributed by atoms with van der Waals surface area (Å²) in [7, 11) is 0. The van der Waals surface area contributed by atoms with E-state index in [1.165, 1.54) is 6.20 Å². The second-order valence-electron chi connectivity index (χ2n) is 12.6. The Hall–Kier alpha value is -4.27. The Bertz CT molecular complexity index is 1740. The van der Waals surface area contributed by atoms with E-state index in [0.29, 0.717) is 39.0 Å². The monoisotopic (exact) mass is 598 g/mol. The predicted octanol–water partition coefficient (Wildman–Crippen LogP) is 4.18. The topological polar surface area (TPSA) is 142 Å². The van der Waals surface area contributed by atoms with Crippen molar-refractivity contribution in [1.29, 1.82) is 5.26 Å². The van der Waals surface area contributed by atoms with Crippen LogP contribution in [0.4, 0.5) is 5.82 Å². The molecule has 8 rings (SSSR count). The van der Waals surface area contributed by atoms with Crippen molar-refractivity contribution >= 4 is 28.8 Å². The number of ether oxygens (including phenoxy) is 1. The molecule has 0 radical (unpaired) electrons. The molecule has 2 aliphatic heterocycles. The number of carbonyl (C=O) groups excluding carboxylic acids is 1. The van der Waals surface area contributed by atoms with Crippen molar-refractivity contribution in [3.63, 3.8) is 0 Å². The number of halogens is 1. The van der Waals surface area contributed by atoms with E-state index >= 15 is 0 Å². The zero-order chi connectivity index (χ0) is 29.9. The summed E-state index contributed by atoms with van der Waals surface area (Å²) < 4.78 is 7.44. The smallest absolute Gasteiger partial charge is 0.271 e. The lowest BCUT2D eigenvalue weighted by atomic mass is 9.59. The quantitative estimate of drug-likeness (QED) is 0.320. The summed E-state index contributed by atoms with van der Waals surface area (Å²) in [5.41, 5.74) is 1.23. The van der Waals surface area contributed by atoms with Crippen molar-refractivity contribution in [2.75, 3.05) is 11.5 Å². The molecular weight excluding hydrogens is 568 g/mol. The third kappa shape index (κ3) is 5.04. The lowest BCUT2D eigenvalue weighted by Gasteiger charge is -2.61. The highest BCUT2D eigenvalue weighted by Gasteiger charge is 2.55. The standard InChI is InChI=1S/C31H31ClN8O3/c1-30(2,42)17-43-22-8-23(28-19(12-33)13-37-39(28)16-22)25-14-36-26(15-35-25)40-20-6-18-7-21(40)11-31(9-18,10-20)38-29(41)27-24(32)4-3-5-34-27/h3-5,8,13-16,18,20-21,42H,6-7,9-11,17H2,1-2H3,(H,38,41)/t18-,20-,21+,31-. The predicted molar refractivity (Wildman–Crippen MR) is 159 cm³/mol. The second-order valence-corrected chi connectivity index (χ2v) is 13.1. The normalized spacial score (nSPS) is 24.3. The molecule has 4 aliphatic rings. The Morgan fingerprint density at radius 3 is 2.67 bits per heavy atom. The fraction of sp³-hybridized carbons (Fsp3) is 0.419. The molecule has 0 spiro atoms. The molecular formula is C31H31ClN8O3. The van der Waals surface area contributed by atoms with Crippen molar-refractivity contribution in [2.24, 2.45) is 5.92 Å². The summed E-state index contributed by atoms with van der Waals surface area (Å²) >= 11 is 6.27. The number of anilines is 1. The molecule has 2 saturated carbocycles. The first-order valence-electron chi connectivity index (χ1n) is 14.4. The molecule has 4 atom stereocenters. The highest BCUT2D eigenvalue weighted by atomic mass is 35.5. The van der Waals surface area contributed by atoms with Crippen molar-refractivity contribution in [1.82, 2.24) is 29.9 Å². The number of aliphatic hydroxyl groups is 1. The van der Waals surface area contributed by atoms with Crippen LogP contribution in [0.5, 0.6) is 5.75 Å². The maximum absolute atomic E-state index is 13.2. The maximum atomic E-state index is 13.2. The number of piperidine rings is 2. The summed E-state index contributed by atoms with van der Waals surface area (Å²) in [6, 6.07) is 7.88. The molecule has 0 aromatic carbocycles. The van der Waals surface area contributed by atoms with Crippen molar-refractivity contribution in [3.8, 4) is 23.1 Å². The van der Waals surface area contributed by atoms with Crippen LogP contribution in [0.1, 0.15) is 62.0 Å². The fourth-order valence-electron chi connectivity index (χ4n) is 7.31. The lowest BCUT2D eigenvalue weighted by molar-refractivity contribution is 0.0283. The van der Waals surface area contributed by atoms with E-state index in [0.717, 1.165) is 37.9 Å². The number of nitriles is 1. The molecule has 4 aromatic rings. The number of hydrogen-bond donors (Lipinski definition) is 2. The molecule has 12 heteroatoms. The van der Waals surface area contributed by atoms with Crippen LogP contribution in [0, 0.1) is 17.2 Å². The largest absolute Gasteiger partial charge is 0.489 e. The summed E-state index contributed by atoms with van der Waals surface area (Å²) in [4.78, 5) is 29.4. The number of amides is 1. The van der Waals surface area contributed by atoms with Gasteiger partial charge in [-0.15, -0.1) is 0 Å². The van der Waals surface area contributed by atoms with Crippen LogP contribution in [0.2, 0.25) is 5.02 Å². The number of fused-ring (bicyclic) bond motifs is 1. The molecule has 43 heavy (non-hydrogen) atoms. The van der Waals surface area contributed by atoms with Gasteiger partial charge >= 0.3 is 0 Å². The van der Waals surface area contributed by atoms with Gasteiger partial charge in [0.05, 0.1) is 52.2 Å². The number of nitrogens with zero attached hydrogens (tertiary/aromatic N) is 7. The van der Waals surface area contributed by atoms with E-state index in [-0.39, 0.29) is 35.8 Å². The minimum absolute atomic E-state index is 0.0878. The van der Waals surface area contributed by atoms with E-state index in [1.54, 1.807) is 61.3 Å². The molecule has 6 heterocycles.